The quantitative estimate of drug-likeness (QED) is 0.395. The molecule has 0 saturated heterocycles. The largest absolute Gasteiger partial charge is 0.465 e. The van der Waals surface area contributed by atoms with Crippen molar-refractivity contribution >= 4 is 11.8 Å². The van der Waals surface area contributed by atoms with Crippen LogP contribution in [0.2, 0.25) is 0 Å². The van der Waals surface area contributed by atoms with Crippen LogP contribution in [-0.2, 0) is 14.3 Å². The van der Waals surface area contributed by atoms with Crippen molar-refractivity contribution < 1.29 is 14.3 Å². The number of carbonyl (C=O) groups is 2. The molecule has 0 spiro atoms. The lowest BCUT2D eigenvalue weighted by Gasteiger charge is -2.20. The van der Waals surface area contributed by atoms with E-state index in [-0.39, 0.29) is 17.7 Å². The van der Waals surface area contributed by atoms with Crippen molar-refractivity contribution in [3.63, 3.8) is 0 Å². The molecule has 2 unspecified atom stereocenters. The molecule has 0 aromatic rings. The van der Waals surface area contributed by atoms with Crippen molar-refractivity contribution in [1.29, 1.82) is 0 Å². The summed E-state index contributed by atoms with van der Waals surface area (Å²) in [5.74, 6) is -0.199. The number of hydrogen-bond donors (Lipinski definition) is 0. The number of ether oxygens (including phenoxy) is 1. The van der Waals surface area contributed by atoms with Crippen LogP contribution in [0.15, 0.2) is 12.2 Å². The molecule has 2 bridgehead atoms. The number of rotatable bonds is 2. The molecule has 2 aliphatic carbocycles. The number of Topliss-reactive ketones (excluding diaryl/α,β-unsaturated/α-hetero) is 1. The SMILES string of the molecule is CCOC(=O)C12C=CCCC(CC1)C2=O. The Morgan fingerprint density at radius 3 is 3.13 bits per heavy atom. The normalized spacial score (nSPS) is 33.9. The second-order valence-corrected chi connectivity index (χ2v) is 4.27. The second kappa shape index (κ2) is 3.80. The van der Waals surface area contributed by atoms with Gasteiger partial charge in [0.25, 0.3) is 0 Å². The summed E-state index contributed by atoms with van der Waals surface area (Å²) in [6.45, 7) is 2.11. The molecule has 1 fully saturated rings. The first-order chi connectivity index (χ1) is 7.20. The first kappa shape index (κ1) is 10.4. The highest BCUT2D eigenvalue weighted by Gasteiger charge is 2.52. The Morgan fingerprint density at radius 2 is 2.40 bits per heavy atom. The van der Waals surface area contributed by atoms with Crippen molar-refractivity contribution in [2.24, 2.45) is 11.3 Å². The molecule has 0 aliphatic heterocycles. The molecule has 15 heavy (non-hydrogen) atoms. The summed E-state index contributed by atoms with van der Waals surface area (Å²) in [6.07, 6.45) is 6.98. The zero-order valence-corrected chi connectivity index (χ0v) is 8.99. The molecule has 3 nitrogen and oxygen atoms in total. The third kappa shape index (κ3) is 1.50. The Balaban J connectivity index is 2.31. The average molecular weight is 208 g/mol. The first-order valence-corrected chi connectivity index (χ1v) is 5.60. The highest BCUT2D eigenvalue weighted by molar-refractivity contribution is 6.08. The van der Waals surface area contributed by atoms with Crippen molar-refractivity contribution in [2.45, 2.75) is 32.6 Å². The zero-order chi connectivity index (χ0) is 10.9. The Kier molecular flexibility index (Phi) is 2.63. The van der Waals surface area contributed by atoms with Gasteiger partial charge in [0.15, 0.2) is 5.78 Å². The van der Waals surface area contributed by atoms with Crippen LogP contribution in [-0.4, -0.2) is 18.4 Å². The van der Waals surface area contributed by atoms with Gasteiger partial charge in [-0.2, -0.15) is 0 Å². The lowest BCUT2D eigenvalue weighted by atomic mass is 9.84. The standard InChI is InChI=1S/C12H16O3/c1-2-15-11(14)12-7-4-3-5-9(6-8-12)10(12)13/h4,7,9H,2-3,5-6,8H2,1H3. The molecule has 0 aromatic carbocycles. The molecule has 0 amide bonds. The molecule has 2 aliphatic rings. The number of carbonyl (C=O) groups excluding carboxylic acids is 2. The van der Waals surface area contributed by atoms with E-state index in [1.54, 1.807) is 13.0 Å². The molecule has 2 atom stereocenters. The van der Waals surface area contributed by atoms with Gasteiger partial charge < -0.3 is 4.74 Å². The number of esters is 1. The van der Waals surface area contributed by atoms with E-state index in [1.807, 2.05) is 6.08 Å². The van der Waals surface area contributed by atoms with Crippen LogP contribution in [0.5, 0.6) is 0 Å². The molecule has 3 heteroatoms. The summed E-state index contributed by atoms with van der Waals surface area (Å²) in [5, 5.41) is 0. The van der Waals surface area contributed by atoms with E-state index in [0.717, 1.165) is 19.3 Å². The van der Waals surface area contributed by atoms with Gasteiger partial charge in [0, 0.05) is 5.92 Å². The summed E-state index contributed by atoms with van der Waals surface area (Å²) < 4.78 is 5.02. The molecule has 0 heterocycles. The van der Waals surface area contributed by atoms with Crippen LogP contribution in [0, 0.1) is 11.3 Å². The maximum atomic E-state index is 12.1. The average Bonchev–Trinajstić information content (AvgIpc) is 2.38. The predicted octanol–water partition coefficient (Wildman–Crippen LogP) is 1.86. The third-order valence-electron chi connectivity index (χ3n) is 3.42. The smallest absolute Gasteiger partial charge is 0.323 e. The van der Waals surface area contributed by atoms with Crippen LogP contribution in [0.4, 0.5) is 0 Å². The minimum atomic E-state index is -0.933. The van der Waals surface area contributed by atoms with Crippen molar-refractivity contribution in [2.75, 3.05) is 6.61 Å². The van der Waals surface area contributed by atoms with E-state index >= 15 is 0 Å². The van der Waals surface area contributed by atoms with E-state index < -0.39 is 5.41 Å². The Hall–Kier alpha value is -1.12. The van der Waals surface area contributed by atoms with E-state index in [1.165, 1.54) is 0 Å². The van der Waals surface area contributed by atoms with Gasteiger partial charge in [-0.15, -0.1) is 0 Å². The van der Waals surface area contributed by atoms with Gasteiger partial charge in [0.2, 0.25) is 0 Å². The summed E-state index contributed by atoms with van der Waals surface area (Å²) in [7, 11) is 0. The van der Waals surface area contributed by atoms with Gasteiger partial charge in [-0.05, 0) is 32.6 Å². The summed E-state index contributed by atoms with van der Waals surface area (Å²) in [4.78, 5) is 23.9. The Labute approximate surface area is 89.5 Å². The van der Waals surface area contributed by atoms with Crippen LogP contribution >= 0.6 is 0 Å². The summed E-state index contributed by atoms with van der Waals surface area (Å²) in [5.41, 5.74) is -0.933. The fourth-order valence-corrected chi connectivity index (χ4v) is 2.57. The molecule has 2 rings (SSSR count). The number of allylic oxidation sites excluding steroid dienone is 1. The summed E-state index contributed by atoms with van der Waals surface area (Å²) in [6, 6.07) is 0. The predicted molar refractivity (Wildman–Crippen MR) is 55.2 cm³/mol. The molecule has 82 valence electrons. The van der Waals surface area contributed by atoms with Crippen LogP contribution < -0.4 is 0 Å². The maximum Gasteiger partial charge on any atom is 0.323 e. The van der Waals surface area contributed by atoms with Gasteiger partial charge in [-0.1, -0.05) is 12.2 Å². The fraction of sp³-hybridized carbons (Fsp3) is 0.667. The van der Waals surface area contributed by atoms with Gasteiger partial charge in [0.1, 0.15) is 5.41 Å². The van der Waals surface area contributed by atoms with Crippen molar-refractivity contribution in [1.82, 2.24) is 0 Å². The second-order valence-electron chi connectivity index (χ2n) is 4.27. The molecule has 0 radical (unpaired) electrons. The highest BCUT2D eigenvalue weighted by atomic mass is 16.5. The molecular weight excluding hydrogens is 192 g/mol. The highest BCUT2D eigenvalue weighted by Crippen LogP contribution is 2.44. The number of hydrogen-bond acceptors (Lipinski definition) is 3. The molecule has 1 saturated carbocycles. The Morgan fingerprint density at radius 1 is 1.60 bits per heavy atom. The zero-order valence-electron chi connectivity index (χ0n) is 8.99. The molecule has 0 aromatic heterocycles. The van der Waals surface area contributed by atoms with Crippen molar-refractivity contribution in [3.8, 4) is 0 Å². The topological polar surface area (TPSA) is 43.4 Å². The Bertz CT molecular complexity index is 319. The summed E-state index contributed by atoms with van der Waals surface area (Å²) >= 11 is 0. The van der Waals surface area contributed by atoms with Crippen LogP contribution in [0.1, 0.15) is 32.6 Å². The fourth-order valence-electron chi connectivity index (χ4n) is 2.57. The molecule has 0 N–H and O–H groups in total. The monoisotopic (exact) mass is 208 g/mol. The van der Waals surface area contributed by atoms with E-state index in [9.17, 15) is 9.59 Å². The van der Waals surface area contributed by atoms with Gasteiger partial charge in [-0.25, -0.2) is 0 Å². The van der Waals surface area contributed by atoms with Gasteiger partial charge >= 0.3 is 5.97 Å². The van der Waals surface area contributed by atoms with Gasteiger partial charge in [-0.3, -0.25) is 9.59 Å². The van der Waals surface area contributed by atoms with E-state index in [2.05, 4.69) is 0 Å². The molecular formula is C12H16O3. The van der Waals surface area contributed by atoms with Crippen LogP contribution in [0.3, 0.4) is 0 Å². The maximum absolute atomic E-state index is 12.1. The van der Waals surface area contributed by atoms with Crippen LogP contribution in [0.25, 0.3) is 0 Å². The third-order valence-corrected chi connectivity index (χ3v) is 3.42. The minimum absolute atomic E-state index is 0.0735. The number of ketones is 1. The van der Waals surface area contributed by atoms with E-state index in [0.29, 0.717) is 13.0 Å². The van der Waals surface area contributed by atoms with Gasteiger partial charge in [0.05, 0.1) is 6.61 Å². The lowest BCUT2D eigenvalue weighted by molar-refractivity contribution is -0.155. The lowest BCUT2D eigenvalue weighted by Crippen LogP contribution is -2.36. The van der Waals surface area contributed by atoms with E-state index in [4.69, 9.17) is 4.74 Å². The minimum Gasteiger partial charge on any atom is -0.465 e. The number of fused-ring (bicyclic) bond motifs is 2. The first-order valence-electron chi connectivity index (χ1n) is 5.60. The van der Waals surface area contributed by atoms with Crippen molar-refractivity contribution in [3.05, 3.63) is 12.2 Å².